The number of nitrogens with zero attached hydrogens (tertiary/aromatic N) is 3. The summed E-state index contributed by atoms with van der Waals surface area (Å²) < 4.78 is 0. The van der Waals surface area contributed by atoms with E-state index in [1.54, 1.807) is 12.4 Å². The Labute approximate surface area is 159 Å². The zero-order valence-electron chi connectivity index (χ0n) is 15.5. The van der Waals surface area contributed by atoms with Crippen molar-refractivity contribution in [3.8, 4) is 0 Å². The van der Waals surface area contributed by atoms with E-state index in [4.69, 9.17) is 0 Å². The summed E-state index contributed by atoms with van der Waals surface area (Å²) in [4.78, 5) is 23.5. The molecule has 1 unspecified atom stereocenters. The number of aromatic nitrogens is 2. The molecule has 0 radical (unpaired) electrons. The number of hydrogen-bond acceptors (Lipinski definition) is 4. The number of para-hydroxylation sites is 1. The van der Waals surface area contributed by atoms with Crippen LogP contribution in [0.4, 0.5) is 11.6 Å². The zero-order valence-corrected chi connectivity index (χ0v) is 15.5. The number of amides is 1. The molecular weight excluding hydrogens is 336 g/mol. The van der Waals surface area contributed by atoms with E-state index < -0.39 is 0 Å². The van der Waals surface area contributed by atoms with Gasteiger partial charge in [0.2, 0.25) is 5.95 Å². The zero-order chi connectivity index (χ0) is 18.8. The fourth-order valence-electron chi connectivity index (χ4n) is 3.55. The molecule has 5 nitrogen and oxygen atoms in total. The minimum atomic E-state index is -0.0577. The molecule has 27 heavy (non-hydrogen) atoms. The van der Waals surface area contributed by atoms with Crippen molar-refractivity contribution >= 4 is 17.5 Å². The number of hydrogen-bond donors (Lipinski definition) is 1. The van der Waals surface area contributed by atoms with Crippen LogP contribution in [0.1, 0.15) is 34.0 Å². The molecule has 3 aromatic rings. The first-order chi connectivity index (χ1) is 13.1. The van der Waals surface area contributed by atoms with E-state index >= 15 is 0 Å². The van der Waals surface area contributed by atoms with E-state index in [0.717, 1.165) is 12.1 Å². The fourth-order valence-corrected chi connectivity index (χ4v) is 3.55. The van der Waals surface area contributed by atoms with Gasteiger partial charge in [0, 0.05) is 30.7 Å². The van der Waals surface area contributed by atoms with E-state index in [0.29, 0.717) is 18.1 Å². The van der Waals surface area contributed by atoms with Crippen LogP contribution >= 0.6 is 0 Å². The van der Waals surface area contributed by atoms with Crippen LogP contribution in [-0.2, 0) is 13.0 Å². The molecule has 2 aromatic carbocycles. The third-order valence-electron chi connectivity index (χ3n) is 4.86. The average Bonchev–Trinajstić information content (AvgIpc) is 3.02. The summed E-state index contributed by atoms with van der Waals surface area (Å²) in [5.41, 5.74) is 5.07. The van der Waals surface area contributed by atoms with E-state index in [1.807, 2.05) is 29.2 Å². The lowest BCUT2D eigenvalue weighted by Gasteiger charge is -2.22. The molecule has 1 aromatic heterocycles. The van der Waals surface area contributed by atoms with Gasteiger partial charge in [-0.1, -0.05) is 48.0 Å². The summed E-state index contributed by atoms with van der Waals surface area (Å²) in [6.07, 6.45) is 4.07. The molecule has 5 heteroatoms. The van der Waals surface area contributed by atoms with Gasteiger partial charge >= 0.3 is 0 Å². The number of anilines is 2. The van der Waals surface area contributed by atoms with Gasteiger partial charge in [0.25, 0.3) is 5.91 Å². The van der Waals surface area contributed by atoms with Crippen LogP contribution in [0.5, 0.6) is 0 Å². The summed E-state index contributed by atoms with van der Waals surface area (Å²) in [5.74, 6) is 0.459. The van der Waals surface area contributed by atoms with Crippen LogP contribution in [0, 0.1) is 6.92 Å². The van der Waals surface area contributed by atoms with Gasteiger partial charge in [0.05, 0.1) is 5.56 Å². The molecule has 0 saturated heterocycles. The molecular formula is C22H22N4O. The van der Waals surface area contributed by atoms with Gasteiger partial charge in [-0.3, -0.25) is 4.79 Å². The minimum Gasteiger partial charge on any atom is -0.350 e. The van der Waals surface area contributed by atoms with Crippen LogP contribution in [0.15, 0.2) is 60.9 Å². The summed E-state index contributed by atoms with van der Waals surface area (Å²) >= 11 is 0. The van der Waals surface area contributed by atoms with Gasteiger partial charge in [-0.25, -0.2) is 9.97 Å². The van der Waals surface area contributed by atoms with Crippen molar-refractivity contribution in [3.63, 3.8) is 0 Å². The van der Waals surface area contributed by atoms with Crippen molar-refractivity contribution in [2.75, 3.05) is 10.2 Å². The van der Waals surface area contributed by atoms with Crippen molar-refractivity contribution in [2.24, 2.45) is 0 Å². The smallest absolute Gasteiger partial charge is 0.261 e. The van der Waals surface area contributed by atoms with Crippen LogP contribution in [-0.4, -0.2) is 21.9 Å². The lowest BCUT2D eigenvalue weighted by Crippen LogP contribution is -2.35. The predicted molar refractivity (Wildman–Crippen MR) is 107 cm³/mol. The molecule has 0 aliphatic carbocycles. The molecule has 136 valence electrons. The fraction of sp³-hybridized carbons (Fsp3) is 0.227. The molecule has 0 bridgehead atoms. The second kappa shape index (κ2) is 7.19. The molecule has 1 amide bonds. The molecule has 1 atom stereocenters. The molecule has 2 heterocycles. The van der Waals surface area contributed by atoms with Crippen LogP contribution in [0.2, 0.25) is 0 Å². The Kier molecular flexibility index (Phi) is 4.59. The number of fused-ring (bicyclic) bond motifs is 1. The highest BCUT2D eigenvalue weighted by molar-refractivity contribution is 6.07. The van der Waals surface area contributed by atoms with Gasteiger partial charge in [0.15, 0.2) is 0 Å². The first kappa shape index (κ1) is 17.2. The monoisotopic (exact) mass is 358 g/mol. The highest BCUT2D eigenvalue weighted by atomic mass is 16.2. The van der Waals surface area contributed by atoms with Crippen molar-refractivity contribution in [2.45, 2.75) is 32.9 Å². The quantitative estimate of drug-likeness (QED) is 0.766. The summed E-state index contributed by atoms with van der Waals surface area (Å²) in [5, 5.41) is 3.20. The number of carbonyl (C=O) groups excluding carboxylic acids is 1. The topological polar surface area (TPSA) is 58.1 Å². The largest absolute Gasteiger partial charge is 0.350 e. The van der Waals surface area contributed by atoms with Gasteiger partial charge in [-0.15, -0.1) is 0 Å². The molecule has 4 rings (SSSR count). The molecule has 1 aliphatic heterocycles. The van der Waals surface area contributed by atoms with E-state index in [-0.39, 0.29) is 11.9 Å². The number of carbonyl (C=O) groups is 1. The van der Waals surface area contributed by atoms with Crippen LogP contribution in [0.25, 0.3) is 0 Å². The Bertz CT molecular complexity index is 968. The van der Waals surface area contributed by atoms with Gasteiger partial charge in [0.1, 0.15) is 0 Å². The number of aryl methyl sites for hydroxylation is 1. The maximum absolute atomic E-state index is 13.0. The summed E-state index contributed by atoms with van der Waals surface area (Å²) in [6.45, 7) is 4.78. The van der Waals surface area contributed by atoms with Gasteiger partial charge in [-0.2, -0.15) is 0 Å². The van der Waals surface area contributed by atoms with E-state index in [1.165, 1.54) is 16.7 Å². The molecule has 1 aliphatic rings. The predicted octanol–water partition coefficient (Wildman–Crippen LogP) is 3.99. The third kappa shape index (κ3) is 3.53. The van der Waals surface area contributed by atoms with Crippen molar-refractivity contribution in [1.82, 2.24) is 9.97 Å². The first-order valence-electron chi connectivity index (χ1n) is 9.15. The number of benzene rings is 2. The Morgan fingerprint density at radius 1 is 1.15 bits per heavy atom. The Morgan fingerprint density at radius 3 is 2.70 bits per heavy atom. The second-order valence-corrected chi connectivity index (χ2v) is 6.99. The molecule has 1 N–H and O–H groups in total. The van der Waals surface area contributed by atoms with Crippen molar-refractivity contribution < 1.29 is 4.79 Å². The normalized spacial score (nSPS) is 15.5. The van der Waals surface area contributed by atoms with E-state index in [9.17, 15) is 4.79 Å². The highest BCUT2D eigenvalue weighted by Crippen LogP contribution is 2.32. The first-order valence-corrected chi connectivity index (χ1v) is 9.15. The number of rotatable bonds is 4. The van der Waals surface area contributed by atoms with Crippen LogP contribution < -0.4 is 10.2 Å². The highest BCUT2D eigenvalue weighted by Gasteiger charge is 2.31. The van der Waals surface area contributed by atoms with Gasteiger partial charge in [-0.05, 0) is 37.5 Å². The SMILES string of the molecule is Cc1cccc(CNc2ncc(C(=O)N3c4ccccc4CC3C)cn2)c1. The van der Waals surface area contributed by atoms with E-state index in [2.05, 4.69) is 53.4 Å². The average molecular weight is 358 g/mol. The van der Waals surface area contributed by atoms with Gasteiger partial charge < -0.3 is 10.2 Å². The van der Waals surface area contributed by atoms with Crippen LogP contribution in [0.3, 0.4) is 0 Å². The maximum Gasteiger partial charge on any atom is 0.261 e. The second-order valence-electron chi connectivity index (χ2n) is 6.99. The standard InChI is InChI=1S/C22H22N4O/c1-15-6-5-7-17(10-15)12-23-22-24-13-19(14-25-22)21(27)26-16(2)11-18-8-3-4-9-20(18)26/h3-10,13-14,16H,11-12H2,1-2H3,(H,23,24,25). The molecule has 0 saturated carbocycles. The van der Waals surface area contributed by atoms with Crippen molar-refractivity contribution in [1.29, 1.82) is 0 Å². The maximum atomic E-state index is 13.0. The summed E-state index contributed by atoms with van der Waals surface area (Å²) in [7, 11) is 0. The Hall–Kier alpha value is -3.21. The lowest BCUT2D eigenvalue weighted by atomic mass is 10.1. The third-order valence-corrected chi connectivity index (χ3v) is 4.86. The Balaban J connectivity index is 1.47. The minimum absolute atomic E-state index is 0.0577. The molecule has 0 fully saturated rings. The molecule has 0 spiro atoms. The number of nitrogens with one attached hydrogen (secondary N) is 1. The lowest BCUT2D eigenvalue weighted by molar-refractivity contribution is 0.0981. The van der Waals surface area contributed by atoms with Crippen molar-refractivity contribution in [3.05, 3.63) is 83.2 Å². The Morgan fingerprint density at radius 2 is 1.93 bits per heavy atom. The summed E-state index contributed by atoms with van der Waals surface area (Å²) in [6, 6.07) is 16.5.